The molecule has 1 aromatic carbocycles. The number of fused-ring (bicyclic) bond motifs is 1. The molecule has 18 heavy (non-hydrogen) atoms. The van der Waals surface area contributed by atoms with Gasteiger partial charge in [-0.25, -0.2) is 0 Å². The molecule has 4 heteroatoms. The van der Waals surface area contributed by atoms with Crippen LogP contribution in [-0.2, 0) is 0 Å². The number of hydrogen-bond acceptors (Lipinski definition) is 3. The number of nitrogens with zero attached hydrogens (tertiary/aromatic N) is 1. The summed E-state index contributed by atoms with van der Waals surface area (Å²) >= 11 is 4.83. The Labute approximate surface area is 116 Å². The Morgan fingerprint density at radius 2 is 2.00 bits per heavy atom. The van der Waals surface area contributed by atoms with Crippen molar-refractivity contribution < 1.29 is 4.79 Å². The second-order valence-corrected chi connectivity index (χ2v) is 5.61. The summed E-state index contributed by atoms with van der Waals surface area (Å²) in [6.07, 6.45) is 3.41. The van der Waals surface area contributed by atoms with E-state index in [2.05, 4.69) is 20.9 Å². The van der Waals surface area contributed by atoms with Crippen LogP contribution in [0.4, 0.5) is 0 Å². The van der Waals surface area contributed by atoms with Crippen LogP contribution < -0.4 is 0 Å². The van der Waals surface area contributed by atoms with Crippen LogP contribution in [0.25, 0.3) is 10.8 Å². The first-order chi connectivity index (χ1) is 8.77. The molecule has 0 amide bonds. The van der Waals surface area contributed by atoms with Gasteiger partial charge in [-0.1, -0.05) is 24.3 Å². The first kappa shape index (κ1) is 11.6. The van der Waals surface area contributed by atoms with Crippen LogP contribution in [0.15, 0.2) is 52.6 Å². The van der Waals surface area contributed by atoms with Crippen molar-refractivity contribution in [3.63, 3.8) is 0 Å². The van der Waals surface area contributed by atoms with Gasteiger partial charge in [0, 0.05) is 27.8 Å². The van der Waals surface area contributed by atoms with E-state index < -0.39 is 0 Å². The number of pyridine rings is 1. The summed E-state index contributed by atoms with van der Waals surface area (Å²) in [5, 5.41) is 3.82. The highest BCUT2D eigenvalue weighted by molar-refractivity contribution is 9.10. The molecule has 0 atom stereocenters. The van der Waals surface area contributed by atoms with Crippen LogP contribution in [0.1, 0.15) is 15.2 Å². The maximum Gasteiger partial charge on any atom is 0.206 e. The van der Waals surface area contributed by atoms with Gasteiger partial charge in [0.1, 0.15) is 0 Å². The lowest BCUT2D eigenvalue weighted by atomic mass is 10.0. The Morgan fingerprint density at radius 3 is 2.78 bits per heavy atom. The van der Waals surface area contributed by atoms with Crippen LogP contribution in [0.2, 0.25) is 0 Å². The standard InChI is InChI=1S/C14H8BrNOS/c15-12-5-6-18-14(12)13(17)11-8-16-7-9-3-1-2-4-10(9)11/h1-8H. The Morgan fingerprint density at radius 1 is 1.17 bits per heavy atom. The number of carbonyl (C=O) groups excluding carboxylic acids is 1. The summed E-state index contributed by atoms with van der Waals surface area (Å²) in [5.74, 6) is 0.0150. The highest BCUT2D eigenvalue weighted by Gasteiger charge is 2.16. The molecule has 3 aromatic rings. The quantitative estimate of drug-likeness (QED) is 0.660. The van der Waals surface area contributed by atoms with Gasteiger partial charge >= 0.3 is 0 Å². The topological polar surface area (TPSA) is 30.0 Å². The molecule has 0 aliphatic heterocycles. The lowest BCUT2D eigenvalue weighted by Crippen LogP contribution is -2.01. The minimum atomic E-state index is 0.0150. The Kier molecular flexibility index (Phi) is 2.97. The summed E-state index contributed by atoms with van der Waals surface area (Å²) < 4.78 is 0.838. The molecule has 2 aromatic heterocycles. The molecular formula is C14H8BrNOS. The molecule has 2 nitrogen and oxygen atoms in total. The Balaban J connectivity index is 2.21. The number of benzene rings is 1. The zero-order chi connectivity index (χ0) is 12.5. The summed E-state index contributed by atoms with van der Waals surface area (Å²) in [6, 6.07) is 9.67. The van der Waals surface area contributed by atoms with Gasteiger partial charge in [0.2, 0.25) is 5.78 Å². The molecule has 0 saturated carbocycles. The van der Waals surface area contributed by atoms with Gasteiger partial charge in [-0.2, -0.15) is 0 Å². The molecule has 2 heterocycles. The Hall–Kier alpha value is -1.52. The first-order valence-electron chi connectivity index (χ1n) is 5.38. The second-order valence-electron chi connectivity index (χ2n) is 3.83. The van der Waals surface area contributed by atoms with Gasteiger partial charge in [0.15, 0.2) is 0 Å². The van der Waals surface area contributed by atoms with Gasteiger partial charge in [-0.05, 0) is 32.8 Å². The van der Waals surface area contributed by atoms with Crippen molar-refractivity contribution in [3.05, 3.63) is 63.0 Å². The van der Waals surface area contributed by atoms with Crippen LogP contribution in [0.3, 0.4) is 0 Å². The third kappa shape index (κ3) is 1.87. The van der Waals surface area contributed by atoms with Crippen molar-refractivity contribution >= 4 is 43.8 Å². The molecule has 0 spiro atoms. The second kappa shape index (κ2) is 4.63. The SMILES string of the molecule is O=C(c1sccc1Br)c1cncc2ccccc12. The van der Waals surface area contributed by atoms with Gasteiger partial charge < -0.3 is 0 Å². The van der Waals surface area contributed by atoms with Gasteiger partial charge in [0.25, 0.3) is 0 Å². The lowest BCUT2D eigenvalue weighted by Gasteiger charge is -2.04. The van der Waals surface area contributed by atoms with Crippen molar-refractivity contribution in [1.82, 2.24) is 4.98 Å². The van der Waals surface area contributed by atoms with E-state index in [0.29, 0.717) is 10.4 Å². The van der Waals surface area contributed by atoms with Crippen LogP contribution in [-0.4, -0.2) is 10.8 Å². The van der Waals surface area contributed by atoms with E-state index in [1.54, 1.807) is 12.4 Å². The van der Waals surface area contributed by atoms with E-state index in [-0.39, 0.29) is 5.78 Å². The van der Waals surface area contributed by atoms with Gasteiger partial charge in [-0.3, -0.25) is 9.78 Å². The van der Waals surface area contributed by atoms with Crippen molar-refractivity contribution in [3.8, 4) is 0 Å². The first-order valence-corrected chi connectivity index (χ1v) is 7.05. The number of ketones is 1. The normalized spacial score (nSPS) is 10.7. The van der Waals surface area contributed by atoms with Crippen molar-refractivity contribution in [2.24, 2.45) is 0 Å². The third-order valence-electron chi connectivity index (χ3n) is 2.74. The zero-order valence-corrected chi connectivity index (χ0v) is 11.7. The fourth-order valence-electron chi connectivity index (χ4n) is 1.88. The molecule has 3 rings (SSSR count). The van der Waals surface area contributed by atoms with Crippen molar-refractivity contribution in [1.29, 1.82) is 0 Å². The summed E-state index contributed by atoms with van der Waals surface area (Å²) in [5.41, 5.74) is 0.649. The predicted molar refractivity (Wildman–Crippen MR) is 77.2 cm³/mol. The molecule has 0 fully saturated rings. The van der Waals surface area contributed by atoms with E-state index in [1.807, 2.05) is 35.7 Å². The highest BCUT2D eigenvalue weighted by atomic mass is 79.9. The predicted octanol–water partition coefficient (Wildman–Crippen LogP) is 4.29. The third-order valence-corrected chi connectivity index (χ3v) is 4.57. The molecule has 0 bridgehead atoms. The van der Waals surface area contributed by atoms with Gasteiger partial charge in [-0.15, -0.1) is 11.3 Å². The van der Waals surface area contributed by atoms with Crippen LogP contribution in [0.5, 0.6) is 0 Å². The smallest absolute Gasteiger partial charge is 0.206 e. The largest absolute Gasteiger partial charge is 0.288 e. The zero-order valence-electron chi connectivity index (χ0n) is 9.26. The number of thiophene rings is 1. The number of rotatable bonds is 2. The van der Waals surface area contributed by atoms with Crippen LogP contribution >= 0.6 is 27.3 Å². The van der Waals surface area contributed by atoms with Crippen LogP contribution in [0, 0.1) is 0 Å². The maximum absolute atomic E-state index is 12.5. The van der Waals surface area contributed by atoms with Crippen molar-refractivity contribution in [2.75, 3.05) is 0 Å². The fourth-order valence-corrected chi connectivity index (χ4v) is 3.38. The summed E-state index contributed by atoms with van der Waals surface area (Å²) in [4.78, 5) is 17.3. The van der Waals surface area contributed by atoms with Crippen molar-refractivity contribution in [2.45, 2.75) is 0 Å². The fraction of sp³-hybridized carbons (Fsp3) is 0. The van der Waals surface area contributed by atoms with E-state index in [1.165, 1.54) is 11.3 Å². The number of halogens is 1. The van der Waals surface area contributed by atoms with E-state index in [9.17, 15) is 4.79 Å². The average molecular weight is 318 g/mol. The Bertz CT molecular complexity index is 730. The number of aromatic nitrogens is 1. The maximum atomic E-state index is 12.5. The average Bonchev–Trinajstić information content (AvgIpc) is 2.83. The molecule has 0 radical (unpaired) electrons. The van der Waals surface area contributed by atoms with E-state index in [4.69, 9.17) is 0 Å². The van der Waals surface area contributed by atoms with E-state index in [0.717, 1.165) is 15.2 Å². The lowest BCUT2D eigenvalue weighted by molar-refractivity contribution is 0.104. The molecule has 88 valence electrons. The molecular weight excluding hydrogens is 310 g/mol. The summed E-state index contributed by atoms with van der Waals surface area (Å²) in [7, 11) is 0. The minimum Gasteiger partial charge on any atom is -0.288 e. The molecule has 0 aliphatic carbocycles. The van der Waals surface area contributed by atoms with Gasteiger partial charge in [0.05, 0.1) is 4.88 Å². The molecule has 0 aliphatic rings. The summed E-state index contributed by atoms with van der Waals surface area (Å²) in [6.45, 7) is 0. The monoisotopic (exact) mass is 317 g/mol. The number of hydrogen-bond donors (Lipinski definition) is 0. The molecule has 0 saturated heterocycles. The van der Waals surface area contributed by atoms with E-state index >= 15 is 0 Å². The molecule has 0 unspecified atom stereocenters. The molecule has 0 N–H and O–H groups in total. The highest BCUT2D eigenvalue weighted by Crippen LogP contribution is 2.27. The number of carbonyl (C=O) groups is 1. The minimum absolute atomic E-state index is 0.0150.